The second-order valence-electron chi connectivity index (χ2n) is 15.7. The third kappa shape index (κ3) is 25.6. The minimum atomic E-state index is -1.58. The van der Waals surface area contributed by atoms with E-state index in [1.807, 2.05) is 0 Å². The molecule has 352 valence electrons. The topological polar surface area (TPSA) is 220 Å². The largest absolute Gasteiger partial charge is 0.465 e. The third-order valence-electron chi connectivity index (χ3n) is 8.54. The fourth-order valence-electron chi connectivity index (χ4n) is 4.64. The van der Waals surface area contributed by atoms with Crippen LogP contribution in [0, 0.1) is 10.8 Å². The van der Waals surface area contributed by atoms with Crippen molar-refractivity contribution >= 4 is 47.8 Å². The Hall–Kier alpha value is -5.84. The Kier molecular flexibility index (Phi) is 27.4. The predicted octanol–water partition coefficient (Wildman–Crippen LogP) is 5.90. The van der Waals surface area contributed by atoms with Gasteiger partial charge in [-0.05, 0) is 80.1 Å². The zero-order valence-electron chi connectivity index (χ0n) is 37.9. The predicted molar refractivity (Wildman–Crippen MR) is 229 cm³/mol. The highest BCUT2D eigenvalue weighted by Crippen LogP contribution is 2.27. The van der Waals surface area contributed by atoms with Gasteiger partial charge in [-0.1, -0.05) is 39.5 Å². The van der Waals surface area contributed by atoms with Crippen LogP contribution >= 0.6 is 0 Å². The number of esters is 8. The van der Waals surface area contributed by atoms with Gasteiger partial charge in [-0.25, -0.2) is 28.8 Å². The van der Waals surface area contributed by atoms with Crippen molar-refractivity contribution in [1.82, 2.24) is 0 Å². The number of carbonyl (C=O) groups is 8. The van der Waals surface area contributed by atoms with Gasteiger partial charge in [-0.15, -0.1) is 0 Å². The molecule has 0 rings (SSSR count). The number of unbranched alkanes of at least 4 members (excludes halogenated alkanes) is 4. The first-order valence-corrected chi connectivity index (χ1v) is 20.3. The Labute approximate surface area is 370 Å². The zero-order chi connectivity index (χ0) is 48.2. The van der Waals surface area contributed by atoms with E-state index < -0.39 is 111 Å². The molecule has 63 heavy (non-hydrogen) atoms. The lowest BCUT2D eigenvalue weighted by atomic mass is 9.90. The molecule has 0 spiro atoms. The first-order chi connectivity index (χ1) is 29.5. The van der Waals surface area contributed by atoms with Gasteiger partial charge in [0.25, 0.3) is 0 Å². The van der Waals surface area contributed by atoms with Gasteiger partial charge in [-0.3, -0.25) is 9.59 Å². The quantitative estimate of drug-likeness (QED) is 0.0318. The molecule has 0 saturated carbocycles. The normalized spacial score (nSPS) is 10.9. The van der Waals surface area contributed by atoms with Crippen molar-refractivity contribution in [1.29, 1.82) is 0 Å². The molecule has 0 aromatic carbocycles. The summed E-state index contributed by atoms with van der Waals surface area (Å²) in [5, 5.41) is 0. The van der Waals surface area contributed by atoms with Crippen LogP contribution in [0.4, 0.5) is 0 Å². The van der Waals surface area contributed by atoms with Crippen molar-refractivity contribution < 1.29 is 81.0 Å². The molecule has 0 radical (unpaired) electrons. The summed E-state index contributed by atoms with van der Waals surface area (Å²) >= 11 is 0. The Bertz CT molecular complexity index is 1520. The van der Waals surface area contributed by atoms with E-state index >= 15 is 0 Å². The van der Waals surface area contributed by atoms with Crippen molar-refractivity contribution in [2.45, 2.75) is 92.9 Å². The van der Waals surface area contributed by atoms with Crippen LogP contribution in [-0.4, -0.2) is 114 Å². The number of ether oxygens (including phenoxy) is 9. The van der Waals surface area contributed by atoms with E-state index in [4.69, 9.17) is 42.6 Å². The van der Waals surface area contributed by atoms with Gasteiger partial charge in [0.05, 0.1) is 37.3 Å². The Morgan fingerprint density at radius 2 is 0.556 bits per heavy atom. The Morgan fingerprint density at radius 1 is 0.317 bits per heavy atom. The van der Waals surface area contributed by atoms with Gasteiger partial charge in [0.1, 0.15) is 39.6 Å². The molecule has 0 heterocycles. The van der Waals surface area contributed by atoms with Gasteiger partial charge in [-0.2, -0.15) is 0 Å². The summed E-state index contributed by atoms with van der Waals surface area (Å²) in [7, 11) is 0. The zero-order valence-corrected chi connectivity index (χ0v) is 37.9. The molecule has 17 nitrogen and oxygen atoms in total. The molecule has 0 fully saturated rings. The second-order valence-corrected chi connectivity index (χ2v) is 15.7. The minimum absolute atomic E-state index is 0.0401. The summed E-state index contributed by atoms with van der Waals surface area (Å²) in [6.45, 7) is 26.4. The number of carbonyl (C=O) groups excluding carboxylic acids is 8. The lowest BCUT2D eigenvalue weighted by molar-refractivity contribution is -0.172. The van der Waals surface area contributed by atoms with Crippen LogP contribution in [0.1, 0.15) is 92.9 Å². The summed E-state index contributed by atoms with van der Waals surface area (Å²) in [5.41, 5.74) is -2.46. The molecule has 0 atom stereocenters. The first-order valence-electron chi connectivity index (χ1n) is 20.3. The van der Waals surface area contributed by atoms with Gasteiger partial charge in [0.2, 0.25) is 0 Å². The monoisotopic (exact) mass is 890 g/mol. The number of hydrogen-bond acceptors (Lipinski definition) is 17. The Morgan fingerprint density at radius 3 is 0.810 bits per heavy atom. The molecule has 0 unspecified atom stereocenters. The van der Waals surface area contributed by atoms with Gasteiger partial charge in [0.15, 0.2) is 0 Å². The third-order valence-corrected chi connectivity index (χ3v) is 8.54. The summed E-state index contributed by atoms with van der Waals surface area (Å²) in [5.74, 6) is -5.57. The van der Waals surface area contributed by atoms with Gasteiger partial charge >= 0.3 is 47.8 Å². The van der Waals surface area contributed by atoms with E-state index in [1.165, 1.54) is 41.5 Å². The molecule has 0 N–H and O–H groups in total. The van der Waals surface area contributed by atoms with Crippen molar-refractivity contribution in [2.24, 2.45) is 10.8 Å². The highest BCUT2D eigenvalue weighted by atomic mass is 16.6. The van der Waals surface area contributed by atoms with E-state index in [0.29, 0.717) is 38.5 Å². The van der Waals surface area contributed by atoms with Gasteiger partial charge < -0.3 is 42.6 Å². The summed E-state index contributed by atoms with van der Waals surface area (Å²) in [6, 6.07) is 0. The Balaban J connectivity index is 6.52. The van der Waals surface area contributed by atoms with Crippen LogP contribution in [0.3, 0.4) is 0 Å². The van der Waals surface area contributed by atoms with Crippen LogP contribution in [0.5, 0.6) is 0 Å². The molecule has 17 heteroatoms. The van der Waals surface area contributed by atoms with Crippen LogP contribution in [0.2, 0.25) is 0 Å². The van der Waals surface area contributed by atoms with E-state index in [0.717, 1.165) is 0 Å². The van der Waals surface area contributed by atoms with Gasteiger partial charge in [0, 0.05) is 46.3 Å². The minimum Gasteiger partial charge on any atom is -0.465 e. The summed E-state index contributed by atoms with van der Waals surface area (Å²) < 4.78 is 49.5. The molecule has 0 bridgehead atoms. The molecular formula is C46H66O17. The molecule has 0 aliphatic rings. The lowest BCUT2D eigenvalue weighted by Gasteiger charge is -2.35. The maximum absolute atomic E-state index is 13.0. The number of hydrogen-bond donors (Lipinski definition) is 0. The molecule has 0 amide bonds. The first kappa shape index (κ1) is 57.2. The van der Waals surface area contributed by atoms with Crippen LogP contribution < -0.4 is 0 Å². The van der Waals surface area contributed by atoms with Crippen LogP contribution in [-0.2, 0) is 81.0 Å². The van der Waals surface area contributed by atoms with E-state index in [1.54, 1.807) is 0 Å². The highest BCUT2D eigenvalue weighted by Gasteiger charge is 2.41. The van der Waals surface area contributed by atoms with Crippen molar-refractivity contribution in [2.75, 3.05) is 66.1 Å². The molecule has 0 aliphatic carbocycles. The second kappa shape index (κ2) is 30.2. The van der Waals surface area contributed by atoms with Crippen molar-refractivity contribution in [3.8, 4) is 0 Å². The fraction of sp³-hybridized carbons (Fsp3) is 0.565. The molecule has 0 aromatic heterocycles. The van der Waals surface area contributed by atoms with Crippen molar-refractivity contribution in [3.05, 3.63) is 72.9 Å². The average molecular weight is 891 g/mol. The maximum atomic E-state index is 13.0. The van der Waals surface area contributed by atoms with Crippen LogP contribution in [0.25, 0.3) is 0 Å². The smallest absolute Gasteiger partial charge is 0.333 e. The highest BCUT2D eigenvalue weighted by molar-refractivity contribution is 5.89. The fourth-order valence-corrected chi connectivity index (χ4v) is 4.64. The van der Waals surface area contributed by atoms with Crippen LogP contribution in [0.15, 0.2) is 72.9 Å². The summed E-state index contributed by atoms with van der Waals surface area (Å²) in [6.07, 6.45) is 2.67. The molecule has 0 aliphatic heterocycles. The maximum Gasteiger partial charge on any atom is 0.333 e. The lowest BCUT2D eigenvalue weighted by Crippen LogP contribution is -2.47. The molecular weight excluding hydrogens is 824 g/mol. The average Bonchev–Trinajstić information content (AvgIpc) is 3.22. The van der Waals surface area contributed by atoms with E-state index in [-0.39, 0.29) is 59.5 Å². The molecule has 0 aromatic rings. The standard InChI is InChI=1S/C46H66O17/c1-31(2)39(49)56-21-17-13-15-19-37(47)58-25-45(27-60-41(51)33(5)6,28-61-42(52)34(7)8)23-55-24-46(29-62-43(53)35(9)10,30-63-44(54)36(11)12)26-59-38(48)20-16-14-18-22-57-40(50)32(3)4/h1,3,5,7,9,11,13-30H2,2,4,6,8,10,12H3. The SMILES string of the molecule is C=C(C)C(=O)OCCCCCC(=O)OCC(COCC(COC(=O)CCCCCOC(=O)C(=C)C)(COC(=O)C(=C)C)COC(=O)C(=C)C)(COC(=O)C(=C)C)COC(=O)C(=C)C. The van der Waals surface area contributed by atoms with E-state index in [2.05, 4.69) is 39.5 Å². The van der Waals surface area contributed by atoms with Crippen molar-refractivity contribution in [3.63, 3.8) is 0 Å². The number of rotatable bonds is 34. The molecule has 0 saturated heterocycles. The summed E-state index contributed by atoms with van der Waals surface area (Å²) in [4.78, 5) is 99.8. The van der Waals surface area contributed by atoms with E-state index in [9.17, 15) is 38.4 Å².